The Morgan fingerprint density at radius 2 is 1.86 bits per heavy atom. The van der Waals surface area contributed by atoms with E-state index in [1.807, 2.05) is 0 Å². The minimum atomic E-state index is -0.586. The van der Waals surface area contributed by atoms with Crippen molar-refractivity contribution in [3.63, 3.8) is 0 Å². The number of benzene rings is 1. The van der Waals surface area contributed by atoms with Gasteiger partial charge in [-0.05, 0) is 18.2 Å². The fourth-order valence-corrected chi connectivity index (χ4v) is 2.87. The Kier molecular flexibility index (Phi) is 5.92. The summed E-state index contributed by atoms with van der Waals surface area (Å²) < 4.78 is 16.2. The van der Waals surface area contributed by atoms with Crippen molar-refractivity contribution in [3.8, 4) is 5.75 Å². The summed E-state index contributed by atoms with van der Waals surface area (Å²) in [7, 11) is 3.24. The molecule has 7 heteroatoms. The normalized spacial score (nSPS) is 17.4. The van der Waals surface area contributed by atoms with Gasteiger partial charge in [-0.2, -0.15) is 0 Å². The van der Waals surface area contributed by atoms with E-state index in [9.17, 15) is 4.79 Å². The standard InChI is InChI=1S/C15H19Cl2NO4/c1-20-15(21-2)5-7-18(8-6-15)14(19)10-22-13-4-3-11(16)9-12(13)17/h3-4,9H,5-8,10H2,1-2H3. The van der Waals surface area contributed by atoms with Crippen LogP contribution in [0, 0.1) is 0 Å². The van der Waals surface area contributed by atoms with E-state index in [0.29, 0.717) is 41.7 Å². The molecule has 22 heavy (non-hydrogen) atoms. The van der Waals surface area contributed by atoms with Crippen LogP contribution in [0.1, 0.15) is 12.8 Å². The molecule has 0 unspecified atom stereocenters. The molecule has 0 spiro atoms. The van der Waals surface area contributed by atoms with Gasteiger partial charge in [0.15, 0.2) is 12.4 Å². The van der Waals surface area contributed by atoms with Gasteiger partial charge in [-0.3, -0.25) is 4.79 Å². The molecule has 1 saturated heterocycles. The maximum Gasteiger partial charge on any atom is 0.260 e. The molecule has 1 aromatic rings. The summed E-state index contributed by atoms with van der Waals surface area (Å²) in [6.45, 7) is 1.07. The summed E-state index contributed by atoms with van der Waals surface area (Å²) in [6, 6.07) is 4.89. The van der Waals surface area contributed by atoms with E-state index in [1.165, 1.54) is 0 Å². The van der Waals surface area contributed by atoms with Crippen LogP contribution >= 0.6 is 23.2 Å². The number of nitrogens with zero attached hydrogens (tertiary/aromatic N) is 1. The molecule has 5 nitrogen and oxygen atoms in total. The molecule has 1 fully saturated rings. The van der Waals surface area contributed by atoms with E-state index in [2.05, 4.69) is 0 Å². The smallest absolute Gasteiger partial charge is 0.260 e. The molecular weight excluding hydrogens is 329 g/mol. The zero-order chi connectivity index (χ0) is 16.2. The lowest BCUT2D eigenvalue weighted by atomic mass is 10.0. The molecule has 1 heterocycles. The number of carbonyl (C=O) groups is 1. The van der Waals surface area contributed by atoms with Crippen molar-refractivity contribution in [2.75, 3.05) is 33.9 Å². The number of methoxy groups -OCH3 is 2. The molecule has 0 bridgehead atoms. The van der Waals surface area contributed by atoms with E-state index in [0.717, 1.165) is 0 Å². The largest absolute Gasteiger partial charge is 0.482 e. The SMILES string of the molecule is COC1(OC)CCN(C(=O)COc2ccc(Cl)cc2Cl)CC1. The second kappa shape index (κ2) is 7.51. The van der Waals surface area contributed by atoms with Crippen LogP contribution in [0.3, 0.4) is 0 Å². The molecular formula is C15H19Cl2NO4. The van der Waals surface area contributed by atoms with Gasteiger partial charge in [0.2, 0.25) is 0 Å². The Labute approximate surface area is 140 Å². The van der Waals surface area contributed by atoms with Crippen LogP contribution < -0.4 is 4.74 Å². The van der Waals surface area contributed by atoms with Crippen LogP contribution in [0.5, 0.6) is 5.75 Å². The number of carbonyl (C=O) groups excluding carboxylic acids is 1. The highest BCUT2D eigenvalue weighted by Crippen LogP contribution is 2.28. The summed E-state index contributed by atoms with van der Waals surface area (Å²) >= 11 is 11.8. The van der Waals surface area contributed by atoms with Gasteiger partial charge in [-0.25, -0.2) is 0 Å². The third-order valence-corrected chi connectivity index (χ3v) is 4.40. The van der Waals surface area contributed by atoms with E-state index in [1.54, 1.807) is 37.3 Å². The zero-order valence-electron chi connectivity index (χ0n) is 12.6. The molecule has 0 N–H and O–H groups in total. The van der Waals surface area contributed by atoms with Crippen molar-refractivity contribution >= 4 is 29.1 Å². The average Bonchev–Trinajstić information content (AvgIpc) is 2.54. The summed E-state index contributed by atoms with van der Waals surface area (Å²) in [4.78, 5) is 13.9. The van der Waals surface area contributed by atoms with Crippen molar-refractivity contribution < 1.29 is 19.0 Å². The van der Waals surface area contributed by atoms with Gasteiger partial charge in [0.1, 0.15) is 5.75 Å². The Bertz CT molecular complexity index is 524. The lowest BCUT2D eigenvalue weighted by Crippen LogP contribution is -2.49. The Hall–Kier alpha value is -1.01. The number of ether oxygens (including phenoxy) is 3. The van der Waals surface area contributed by atoms with Crippen molar-refractivity contribution in [2.45, 2.75) is 18.6 Å². The van der Waals surface area contributed by atoms with Crippen molar-refractivity contribution in [1.29, 1.82) is 0 Å². The van der Waals surface area contributed by atoms with Crippen molar-refractivity contribution in [3.05, 3.63) is 28.2 Å². The fourth-order valence-electron chi connectivity index (χ4n) is 2.41. The Morgan fingerprint density at radius 1 is 1.23 bits per heavy atom. The second-order valence-corrected chi connectivity index (χ2v) is 5.91. The van der Waals surface area contributed by atoms with Crippen LogP contribution in [0.15, 0.2) is 18.2 Å². The van der Waals surface area contributed by atoms with Gasteiger partial charge in [-0.1, -0.05) is 23.2 Å². The highest BCUT2D eigenvalue weighted by Gasteiger charge is 2.35. The molecule has 0 aliphatic carbocycles. The maximum atomic E-state index is 12.2. The molecule has 0 saturated carbocycles. The number of amides is 1. The first-order chi connectivity index (χ1) is 10.5. The first kappa shape index (κ1) is 17.3. The molecule has 1 aliphatic rings. The topological polar surface area (TPSA) is 48.0 Å². The number of halogens is 2. The van der Waals surface area contributed by atoms with Crippen LogP contribution in [0.25, 0.3) is 0 Å². The number of rotatable bonds is 5. The fraction of sp³-hybridized carbons (Fsp3) is 0.533. The maximum absolute atomic E-state index is 12.2. The predicted molar refractivity (Wildman–Crippen MR) is 84.5 cm³/mol. The number of likely N-dealkylation sites (tertiary alicyclic amines) is 1. The van der Waals surface area contributed by atoms with E-state index in [4.69, 9.17) is 37.4 Å². The Balaban J connectivity index is 1.86. The molecule has 122 valence electrons. The summed E-state index contributed by atoms with van der Waals surface area (Å²) in [5.41, 5.74) is 0. The molecule has 1 aromatic carbocycles. The second-order valence-electron chi connectivity index (χ2n) is 5.06. The van der Waals surface area contributed by atoms with E-state index < -0.39 is 5.79 Å². The third-order valence-electron chi connectivity index (χ3n) is 3.87. The summed E-state index contributed by atoms with van der Waals surface area (Å²) in [5, 5.41) is 0.909. The first-order valence-corrected chi connectivity index (χ1v) is 7.71. The lowest BCUT2D eigenvalue weighted by molar-refractivity contribution is -0.228. The molecule has 2 rings (SSSR count). The molecule has 0 aromatic heterocycles. The third kappa shape index (κ3) is 4.04. The minimum absolute atomic E-state index is 0.0612. The number of hydrogen-bond donors (Lipinski definition) is 0. The highest BCUT2D eigenvalue weighted by atomic mass is 35.5. The zero-order valence-corrected chi connectivity index (χ0v) is 14.1. The number of hydrogen-bond acceptors (Lipinski definition) is 4. The van der Waals surface area contributed by atoms with Crippen LogP contribution in [-0.4, -0.2) is 50.5 Å². The Morgan fingerprint density at radius 3 is 2.41 bits per heavy atom. The number of piperidine rings is 1. The van der Waals surface area contributed by atoms with Crippen LogP contribution in [0.2, 0.25) is 10.0 Å². The van der Waals surface area contributed by atoms with Gasteiger partial charge < -0.3 is 19.1 Å². The van der Waals surface area contributed by atoms with Gasteiger partial charge in [0, 0.05) is 45.2 Å². The molecule has 0 radical (unpaired) electrons. The van der Waals surface area contributed by atoms with Crippen molar-refractivity contribution in [2.24, 2.45) is 0 Å². The highest BCUT2D eigenvalue weighted by molar-refractivity contribution is 6.35. The molecule has 0 atom stereocenters. The summed E-state index contributed by atoms with van der Waals surface area (Å²) in [6.07, 6.45) is 1.26. The lowest BCUT2D eigenvalue weighted by Gasteiger charge is -2.39. The first-order valence-electron chi connectivity index (χ1n) is 6.95. The quantitative estimate of drug-likeness (QED) is 0.768. The van der Waals surface area contributed by atoms with Crippen LogP contribution in [-0.2, 0) is 14.3 Å². The molecule has 1 aliphatic heterocycles. The summed E-state index contributed by atoms with van der Waals surface area (Å²) in [5.74, 6) is -0.233. The average molecular weight is 348 g/mol. The van der Waals surface area contributed by atoms with Gasteiger partial charge in [-0.15, -0.1) is 0 Å². The van der Waals surface area contributed by atoms with Gasteiger partial charge in [0.25, 0.3) is 5.91 Å². The van der Waals surface area contributed by atoms with Crippen molar-refractivity contribution in [1.82, 2.24) is 4.90 Å². The van der Waals surface area contributed by atoms with E-state index in [-0.39, 0.29) is 12.5 Å². The minimum Gasteiger partial charge on any atom is -0.482 e. The van der Waals surface area contributed by atoms with Crippen LogP contribution in [0.4, 0.5) is 0 Å². The monoisotopic (exact) mass is 347 g/mol. The van der Waals surface area contributed by atoms with E-state index >= 15 is 0 Å². The molecule has 1 amide bonds. The van der Waals surface area contributed by atoms with Gasteiger partial charge >= 0.3 is 0 Å². The van der Waals surface area contributed by atoms with Gasteiger partial charge in [0.05, 0.1) is 5.02 Å². The predicted octanol–water partition coefficient (Wildman–Crippen LogP) is 2.98.